The summed E-state index contributed by atoms with van der Waals surface area (Å²) in [4.78, 5) is 12.1. The first-order valence-corrected chi connectivity index (χ1v) is 6.25. The van der Waals surface area contributed by atoms with Gasteiger partial charge in [-0.1, -0.05) is 55.2 Å². The van der Waals surface area contributed by atoms with Crippen LogP contribution in [0.3, 0.4) is 0 Å². The van der Waals surface area contributed by atoms with Gasteiger partial charge in [-0.25, -0.2) is 0 Å². The molecule has 1 aromatic carbocycles. The average molecular weight is 249 g/mol. The minimum Gasteiger partial charge on any atom is -0.307 e. The number of carbonyl (C=O) groups is 1. The lowest BCUT2D eigenvalue weighted by molar-refractivity contribution is -0.115. The first-order chi connectivity index (χ1) is 7.69. The number of rotatable bonds is 2. The molecule has 0 bridgehead atoms. The number of benzene rings is 1. The maximum absolute atomic E-state index is 11.4. The van der Waals surface area contributed by atoms with Gasteiger partial charge in [0.2, 0.25) is 0 Å². The van der Waals surface area contributed by atoms with E-state index in [0.29, 0.717) is 9.23 Å². The number of thioether (sulfide) groups is 1. The average Bonchev–Trinajstić information content (AvgIpc) is 2.59. The molecule has 1 saturated heterocycles. The molecule has 0 saturated carbocycles. The second-order valence-electron chi connectivity index (χ2n) is 3.45. The van der Waals surface area contributed by atoms with Gasteiger partial charge in [-0.2, -0.15) is 0 Å². The van der Waals surface area contributed by atoms with E-state index >= 15 is 0 Å². The molecule has 1 aliphatic rings. The Hall–Kier alpha value is -1.13. The summed E-state index contributed by atoms with van der Waals surface area (Å²) in [6.07, 6.45) is 2.88. The summed E-state index contributed by atoms with van der Waals surface area (Å²) in [6, 6.07) is 8.17. The first kappa shape index (κ1) is 11.4. The molecule has 4 heteroatoms. The van der Waals surface area contributed by atoms with Crippen LogP contribution in [0.1, 0.15) is 18.1 Å². The van der Waals surface area contributed by atoms with Crippen LogP contribution in [-0.4, -0.2) is 10.2 Å². The van der Waals surface area contributed by atoms with Crippen molar-refractivity contribution in [1.29, 1.82) is 0 Å². The fourth-order valence-electron chi connectivity index (χ4n) is 1.42. The maximum atomic E-state index is 11.4. The molecule has 0 atom stereocenters. The zero-order chi connectivity index (χ0) is 11.5. The van der Waals surface area contributed by atoms with E-state index in [9.17, 15) is 4.79 Å². The third-order valence-electron chi connectivity index (χ3n) is 2.33. The Morgan fingerprint density at radius 1 is 1.38 bits per heavy atom. The van der Waals surface area contributed by atoms with Crippen molar-refractivity contribution in [2.75, 3.05) is 0 Å². The number of thiocarbonyl (C=S) groups is 1. The molecular formula is C12H11NOS2. The van der Waals surface area contributed by atoms with Crippen LogP contribution in [-0.2, 0) is 11.2 Å². The number of nitrogens with one attached hydrogen (secondary N) is 1. The zero-order valence-corrected chi connectivity index (χ0v) is 10.5. The van der Waals surface area contributed by atoms with Crippen molar-refractivity contribution >= 4 is 40.3 Å². The van der Waals surface area contributed by atoms with Crippen molar-refractivity contribution in [3.63, 3.8) is 0 Å². The van der Waals surface area contributed by atoms with Crippen molar-refractivity contribution in [2.24, 2.45) is 0 Å². The summed E-state index contributed by atoms with van der Waals surface area (Å²) in [5.74, 6) is -0.102. The molecule has 1 N–H and O–H groups in total. The van der Waals surface area contributed by atoms with Gasteiger partial charge in [0.05, 0.1) is 4.91 Å². The summed E-state index contributed by atoms with van der Waals surface area (Å²) in [6.45, 7) is 2.12. The summed E-state index contributed by atoms with van der Waals surface area (Å²) >= 11 is 6.23. The molecule has 82 valence electrons. The predicted molar refractivity (Wildman–Crippen MR) is 72.1 cm³/mol. The molecule has 1 aromatic rings. The minimum atomic E-state index is -0.102. The molecular weight excluding hydrogens is 238 g/mol. The van der Waals surface area contributed by atoms with Crippen LogP contribution >= 0.6 is 24.0 Å². The Morgan fingerprint density at radius 2 is 2.06 bits per heavy atom. The van der Waals surface area contributed by atoms with Crippen LogP contribution in [0.5, 0.6) is 0 Å². The minimum absolute atomic E-state index is 0.102. The predicted octanol–water partition coefficient (Wildman–Crippen LogP) is 2.74. The molecule has 16 heavy (non-hydrogen) atoms. The van der Waals surface area contributed by atoms with Crippen LogP contribution in [0.2, 0.25) is 0 Å². The Bertz CT molecular complexity index is 462. The van der Waals surface area contributed by atoms with Crippen molar-refractivity contribution in [1.82, 2.24) is 5.32 Å². The molecule has 0 aromatic heterocycles. The van der Waals surface area contributed by atoms with Gasteiger partial charge in [0, 0.05) is 0 Å². The molecule has 2 nitrogen and oxygen atoms in total. The van der Waals surface area contributed by atoms with E-state index in [1.165, 1.54) is 17.3 Å². The lowest BCUT2D eigenvalue weighted by atomic mass is 10.1. The summed E-state index contributed by atoms with van der Waals surface area (Å²) < 4.78 is 0.529. The Morgan fingerprint density at radius 3 is 2.56 bits per heavy atom. The number of aryl methyl sites for hydroxylation is 1. The van der Waals surface area contributed by atoms with Gasteiger partial charge in [0.25, 0.3) is 5.91 Å². The monoisotopic (exact) mass is 249 g/mol. The number of hydrogen-bond acceptors (Lipinski definition) is 3. The van der Waals surface area contributed by atoms with Crippen LogP contribution in [0.25, 0.3) is 6.08 Å². The normalized spacial score (nSPS) is 17.9. The summed E-state index contributed by atoms with van der Waals surface area (Å²) in [5, 5.41) is 2.60. The quantitative estimate of drug-likeness (QED) is 0.645. The molecule has 1 aliphatic heterocycles. The molecule has 0 radical (unpaired) electrons. The number of hydrogen-bond donors (Lipinski definition) is 1. The van der Waals surface area contributed by atoms with Gasteiger partial charge in [0.1, 0.15) is 4.32 Å². The van der Waals surface area contributed by atoms with Crippen molar-refractivity contribution in [3.8, 4) is 0 Å². The highest BCUT2D eigenvalue weighted by molar-refractivity contribution is 8.26. The number of carbonyl (C=O) groups excluding carboxylic acids is 1. The van der Waals surface area contributed by atoms with E-state index in [-0.39, 0.29) is 5.91 Å². The Labute approximate surface area is 104 Å². The second kappa shape index (κ2) is 4.80. The lowest BCUT2D eigenvalue weighted by Crippen LogP contribution is -2.17. The van der Waals surface area contributed by atoms with Crippen molar-refractivity contribution in [2.45, 2.75) is 13.3 Å². The largest absolute Gasteiger partial charge is 0.307 e. The van der Waals surface area contributed by atoms with E-state index in [4.69, 9.17) is 12.2 Å². The highest BCUT2D eigenvalue weighted by atomic mass is 32.2. The van der Waals surface area contributed by atoms with E-state index < -0.39 is 0 Å². The third kappa shape index (κ3) is 2.51. The fourth-order valence-corrected chi connectivity index (χ4v) is 2.47. The Kier molecular flexibility index (Phi) is 3.41. The molecule has 1 heterocycles. The highest BCUT2D eigenvalue weighted by Gasteiger charge is 2.21. The van der Waals surface area contributed by atoms with Gasteiger partial charge in [-0.05, 0) is 23.6 Å². The topological polar surface area (TPSA) is 29.1 Å². The van der Waals surface area contributed by atoms with Crippen LogP contribution in [0, 0.1) is 0 Å². The van der Waals surface area contributed by atoms with Crippen LogP contribution in [0.4, 0.5) is 0 Å². The highest BCUT2D eigenvalue weighted by Crippen LogP contribution is 2.25. The molecule has 1 fully saturated rings. The Balaban J connectivity index is 2.22. The second-order valence-corrected chi connectivity index (χ2v) is 5.17. The number of amides is 1. The molecule has 2 rings (SSSR count). The summed E-state index contributed by atoms with van der Waals surface area (Å²) in [7, 11) is 0. The SMILES string of the molecule is CCc1ccc(/C=C2\SC(=S)NC2=O)cc1. The van der Waals surface area contributed by atoms with E-state index in [1.54, 1.807) is 0 Å². The van der Waals surface area contributed by atoms with Crippen molar-refractivity contribution < 1.29 is 4.79 Å². The van der Waals surface area contributed by atoms with Gasteiger partial charge < -0.3 is 5.32 Å². The maximum Gasteiger partial charge on any atom is 0.263 e. The van der Waals surface area contributed by atoms with Crippen molar-refractivity contribution in [3.05, 3.63) is 40.3 Å². The van der Waals surface area contributed by atoms with E-state index in [1.807, 2.05) is 18.2 Å². The first-order valence-electron chi connectivity index (χ1n) is 5.03. The molecule has 1 amide bonds. The van der Waals surface area contributed by atoms with E-state index in [0.717, 1.165) is 12.0 Å². The van der Waals surface area contributed by atoms with Gasteiger partial charge in [-0.15, -0.1) is 0 Å². The third-order valence-corrected chi connectivity index (χ3v) is 3.49. The van der Waals surface area contributed by atoms with Gasteiger partial charge >= 0.3 is 0 Å². The van der Waals surface area contributed by atoms with Crippen LogP contribution < -0.4 is 5.32 Å². The van der Waals surface area contributed by atoms with Gasteiger partial charge in [0.15, 0.2) is 0 Å². The molecule has 0 unspecified atom stereocenters. The molecule has 0 spiro atoms. The fraction of sp³-hybridized carbons (Fsp3) is 0.167. The standard InChI is InChI=1S/C12H11NOS2/c1-2-8-3-5-9(6-4-8)7-10-11(14)13-12(15)16-10/h3-7H,2H2,1H3,(H,13,14,15)/b10-7-. The zero-order valence-electron chi connectivity index (χ0n) is 8.82. The molecule has 0 aliphatic carbocycles. The van der Waals surface area contributed by atoms with E-state index in [2.05, 4.69) is 24.4 Å². The lowest BCUT2D eigenvalue weighted by Gasteiger charge is -1.98. The smallest absolute Gasteiger partial charge is 0.263 e. The van der Waals surface area contributed by atoms with Gasteiger partial charge in [-0.3, -0.25) is 4.79 Å². The van der Waals surface area contributed by atoms with Crippen LogP contribution in [0.15, 0.2) is 29.2 Å². The summed E-state index contributed by atoms with van der Waals surface area (Å²) in [5.41, 5.74) is 2.32.